The van der Waals surface area contributed by atoms with Crippen molar-refractivity contribution < 1.29 is 0 Å². The van der Waals surface area contributed by atoms with E-state index in [0.29, 0.717) is 0 Å². The molecule has 0 bridgehead atoms. The number of aliphatic imine (C=N–C) groups is 1. The Morgan fingerprint density at radius 1 is 0.870 bits per heavy atom. The van der Waals surface area contributed by atoms with Crippen molar-refractivity contribution in [2.45, 2.75) is 6.92 Å². The van der Waals surface area contributed by atoms with Crippen molar-refractivity contribution in [1.82, 2.24) is 4.98 Å². The first kappa shape index (κ1) is 13.7. The SMILES string of the molecule is Cc1ccc(C2=Nc3cccnc3N(C)c3ccccc32)cc1. The van der Waals surface area contributed by atoms with Gasteiger partial charge in [-0.2, -0.15) is 0 Å². The summed E-state index contributed by atoms with van der Waals surface area (Å²) in [6, 6.07) is 20.8. The summed E-state index contributed by atoms with van der Waals surface area (Å²) >= 11 is 0. The molecule has 4 rings (SSSR count). The number of pyridine rings is 1. The largest absolute Gasteiger partial charge is 0.327 e. The number of fused-ring (bicyclic) bond motifs is 2. The standard InChI is InChI=1S/C20H17N3/c1-14-9-11-15(12-10-14)19-16-6-3-4-8-18(16)23(2)20-17(22-19)7-5-13-21-20/h3-13H,1-2H3. The second-order valence-electron chi connectivity index (χ2n) is 5.75. The van der Waals surface area contributed by atoms with Crippen LogP contribution >= 0.6 is 0 Å². The quantitative estimate of drug-likeness (QED) is 0.655. The fraction of sp³-hybridized carbons (Fsp3) is 0.100. The van der Waals surface area contributed by atoms with E-state index in [1.54, 1.807) is 0 Å². The van der Waals surface area contributed by atoms with Crippen LogP contribution in [0, 0.1) is 6.92 Å². The summed E-state index contributed by atoms with van der Waals surface area (Å²) in [5.41, 5.74) is 6.48. The Morgan fingerprint density at radius 3 is 2.48 bits per heavy atom. The molecule has 0 atom stereocenters. The van der Waals surface area contributed by atoms with E-state index in [1.807, 2.05) is 25.4 Å². The molecule has 0 amide bonds. The van der Waals surface area contributed by atoms with Gasteiger partial charge in [0.1, 0.15) is 5.69 Å². The number of nitrogens with zero attached hydrogens (tertiary/aromatic N) is 3. The third kappa shape index (κ3) is 2.30. The highest BCUT2D eigenvalue weighted by atomic mass is 15.2. The van der Waals surface area contributed by atoms with Crippen LogP contribution in [0.3, 0.4) is 0 Å². The molecule has 0 radical (unpaired) electrons. The number of aryl methyl sites for hydroxylation is 1. The predicted molar refractivity (Wildman–Crippen MR) is 95.2 cm³/mol. The molecule has 3 aromatic rings. The van der Waals surface area contributed by atoms with Crippen molar-refractivity contribution in [3.05, 3.63) is 83.6 Å². The zero-order valence-electron chi connectivity index (χ0n) is 13.2. The van der Waals surface area contributed by atoms with Crippen molar-refractivity contribution >= 4 is 22.9 Å². The minimum atomic E-state index is 0.877. The zero-order valence-corrected chi connectivity index (χ0v) is 13.2. The Labute approximate surface area is 136 Å². The van der Waals surface area contributed by atoms with E-state index in [4.69, 9.17) is 4.99 Å². The number of rotatable bonds is 1. The van der Waals surface area contributed by atoms with E-state index in [-0.39, 0.29) is 0 Å². The molecule has 0 saturated heterocycles. The summed E-state index contributed by atoms with van der Waals surface area (Å²) in [6.45, 7) is 2.10. The van der Waals surface area contributed by atoms with E-state index in [1.165, 1.54) is 5.56 Å². The molecule has 2 aromatic carbocycles. The van der Waals surface area contributed by atoms with E-state index in [2.05, 4.69) is 65.3 Å². The molecule has 1 aromatic heterocycles. The molecule has 0 saturated carbocycles. The Hall–Kier alpha value is -2.94. The number of benzene rings is 2. The van der Waals surface area contributed by atoms with E-state index < -0.39 is 0 Å². The average Bonchev–Trinajstić information content (AvgIpc) is 2.72. The highest BCUT2D eigenvalue weighted by molar-refractivity contribution is 6.18. The van der Waals surface area contributed by atoms with E-state index in [0.717, 1.165) is 34.0 Å². The molecule has 112 valence electrons. The van der Waals surface area contributed by atoms with Gasteiger partial charge in [0, 0.05) is 24.4 Å². The lowest BCUT2D eigenvalue weighted by atomic mass is 9.99. The first-order valence-electron chi connectivity index (χ1n) is 7.68. The second kappa shape index (κ2) is 5.36. The highest BCUT2D eigenvalue weighted by Gasteiger charge is 2.21. The van der Waals surface area contributed by atoms with Gasteiger partial charge in [0.25, 0.3) is 0 Å². The van der Waals surface area contributed by atoms with Gasteiger partial charge in [-0.1, -0.05) is 48.0 Å². The van der Waals surface area contributed by atoms with Crippen molar-refractivity contribution in [3.8, 4) is 0 Å². The van der Waals surface area contributed by atoms with Crippen molar-refractivity contribution in [2.75, 3.05) is 11.9 Å². The average molecular weight is 299 g/mol. The maximum absolute atomic E-state index is 4.94. The third-order valence-electron chi connectivity index (χ3n) is 4.16. The Kier molecular flexibility index (Phi) is 3.19. The molecule has 0 N–H and O–H groups in total. The first-order chi connectivity index (χ1) is 11.2. The van der Waals surface area contributed by atoms with Gasteiger partial charge in [0.15, 0.2) is 5.82 Å². The topological polar surface area (TPSA) is 28.5 Å². The summed E-state index contributed by atoms with van der Waals surface area (Å²) in [4.78, 5) is 11.6. The molecule has 1 aliphatic rings. The zero-order chi connectivity index (χ0) is 15.8. The molecule has 0 fully saturated rings. The van der Waals surface area contributed by atoms with Crippen LogP contribution < -0.4 is 4.90 Å². The van der Waals surface area contributed by atoms with Crippen molar-refractivity contribution in [2.24, 2.45) is 4.99 Å². The molecule has 23 heavy (non-hydrogen) atoms. The molecule has 3 nitrogen and oxygen atoms in total. The smallest absolute Gasteiger partial charge is 0.158 e. The summed E-state index contributed by atoms with van der Waals surface area (Å²) < 4.78 is 0. The predicted octanol–water partition coefficient (Wildman–Crippen LogP) is 4.64. The molecule has 0 unspecified atom stereocenters. The van der Waals surface area contributed by atoms with Crippen LogP contribution in [0.25, 0.3) is 0 Å². The number of hydrogen-bond acceptors (Lipinski definition) is 3. The second-order valence-corrected chi connectivity index (χ2v) is 5.75. The lowest BCUT2D eigenvalue weighted by Crippen LogP contribution is -2.13. The van der Waals surface area contributed by atoms with Crippen LogP contribution in [0.15, 0.2) is 71.9 Å². The molecular weight excluding hydrogens is 282 g/mol. The minimum Gasteiger partial charge on any atom is -0.327 e. The maximum Gasteiger partial charge on any atom is 0.158 e. The molecular formula is C20H17N3. The Bertz CT molecular complexity index is 895. The lowest BCUT2D eigenvalue weighted by Gasteiger charge is -2.20. The van der Waals surface area contributed by atoms with E-state index >= 15 is 0 Å². The fourth-order valence-electron chi connectivity index (χ4n) is 2.93. The summed E-state index contributed by atoms with van der Waals surface area (Å²) in [5.74, 6) is 0.877. The summed E-state index contributed by atoms with van der Waals surface area (Å²) in [5, 5.41) is 0. The van der Waals surface area contributed by atoms with Crippen molar-refractivity contribution in [3.63, 3.8) is 0 Å². The lowest BCUT2D eigenvalue weighted by molar-refractivity contribution is 1.13. The number of hydrogen-bond donors (Lipinski definition) is 0. The van der Waals surface area contributed by atoms with Gasteiger partial charge in [-0.15, -0.1) is 0 Å². The van der Waals surface area contributed by atoms with Gasteiger partial charge in [-0.25, -0.2) is 9.98 Å². The van der Waals surface area contributed by atoms with Gasteiger partial charge in [-0.05, 0) is 25.1 Å². The van der Waals surface area contributed by atoms with E-state index in [9.17, 15) is 0 Å². The molecule has 1 aliphatic heterocycles. The van der Waals surface area contributed by atoms with Crippen molar-refractivity contribution in [1.29, 1.82) is 0 Å². The van der Waals surface area contributed by atoms with Crippen LogP contribution in [0.5, 0.6) is 0 Å². The first-order valence-corrected chi connectivity index (χ1v) is 7.68. The van der Waals surface area contributed by atoms with Gasteiger partial charge >= 0.3 is 0 Å². The molecule has 2 heterocycles. The molecule has 0 spiro atoms. The Morgan fingerprint density at radius 2 is 1.65 bits per heavy atom. The van der Waals surface area contributed by atoms with Crippen LogP contribution in [0.1, 0.15) is 16.7 Å². The van der Waals surface area contributed by atoms with Gasteiger partial charge in [0.05, 0.1) is 11.4 Å². The van der Waals surface area contributed by atoms with Gasteiger partial charge in [-0.3, -0.25) is 0 Å². The van der Waals surface area contributed by atoms with Crippen LogP contribution in [0.2, 0.25) is 0 Å². The van der Waals surface area contributed by atoms with Crippen LogP contribution in [-0.2, 0) is 0 Å². The van der Waals surface area contributed by atoms with Crippen LogP contribution in [0.4, 0.5) is 17.2 Å². The number of para-hydroxylation sites is 1. The summed E-state index contributed by atoms with van der Waals surface area (Å²) in [7, 11) is 2.04. The maximum atomic E-state index is 4.94. The summed E-state index contributed by atoms with van der Waals surface area (Å²) in [6.07, 6.45) is 1.81. The minimum absolute atomic E-state index is 0.877. The van der Waals surface area contributed by atoms with Gasteiger partial charge < -0.3 is 4.90 Å². The monoisotopic (exact) mass is 299 g/mol. The highest BCUT2D eigenvalue weighted by Crippen LogP contribution is 2.37. The number of anilines is 2. The Balaban J connectivity index is 2.01. The third-order valence-corrected chi connectivity index (χ3v) is 4.16. The normalized spacial score (nSPS) is 13.0. The molecule has 0 aliphatic carbocycles. The van der Waals surface area contributed by atoms with Crippen LogP contribution in [-0.4, -0.2) is 17.7 Å². The molecule has 3 heteroatoms. The fourth-order valence-corrected chi connectivity index (χ4v) is 2.93. The number of aromatic nitrogens is 1. The van der Waals surface area contributed by atoms with Gasteiger partial charge in [0.2, 0.25) is 0 Å².